The van der Waals surface area contributed by atoms with Gasteiger partial charge in [-0.3, -0.25) is 4.79 Å². The van der Waals surface area contributed by atoms with Gasteiger partial charge in [-0.2, -0.15) is 0 Å². The molecule has 0 saturated heterocycles. The lowest BCUT2D eigenvalue weighted by Crippen LogP contribution is -1.97. The van der Waals surface area contributed by atoms with Crippen molar-refractivity contribution in [2.75, 3.05) is 6.98 Å². The summed E-state index contributed by atoms with van der Waals surface area (Å²) in [6, 6.07) is 0. The molecular weight excluding hydrogens is 54.0 g/mol. The Morgan fingerprint density at radius 2 is 3.25 bits per heavy atom. The average molecular weight is 61.1 g/mol. The van der Waals surface area contributed by atoms with E-state index in [1.807, 2.05) is 0 Å². The van der Waals surface area contributed by atoms with Gasteiger partial charge in [-0.05, 0) is 0 Å². The van der Waals surface area contributed by atoms with Crippen molar-refractivity contribution in [3.8, 4) is 0 Å². The van der Waals surface area contributed by atoms with Gasteiger partial charge in [0, 0.05) is 11.1 Å². The highest BCUT2D eigenvalue weighted by molar-refractivity contribution is 5.46. The molecule has 2 heteroatoms. The zero-order valence-corrected chi connectivity index (χ0v) is 1.91. The molecule has 4 heavy (non-hydrogen) atoms. The summed E-state index contributed by atoms with van der Waals surface area (Å²) in [5.41, 5.74) is 0. The zero-order chi connectivity index (χ0) is 5.91. The Kier molecular flexibility index (Phi) is 0.437. The fourth-order valence-corrected chi connectivity index (χ4v) is 0. The minimum atomic E-state index is -2.37. The molecule has 1 amide bonds. The summed E-state index contributed by atoms with van der Waals surface area (Å²) in [6.45, 7) is -2.37. The molecule has 0 atom stereocenters. The molecule has 2 nitrogen and oxygen atoms in total. The quantitative estimate of drug-likeness (QED) is 0.398. The number of hydrogen-bond donors (Lipinski definition) is 1. The van der Waals surface area contributed by atoms with Gasteiger partial charge in [0.1, 0.15) is 0 Å². The minimum absolute atomic E-state index is 1.05. The van der Waals surface area contributed by atoms with E-state index in [1.165, 1.54) is 5.32 Å². The summed E-state index contributed by atoms with van der Waals surface area (Å²) in [5.74, 6) is 0. The summed E-state index contributed by atoms with van der Waals surface area (Å²) in [7, 11) is 0. The first-order valence-electron chi connectivity index (χ1n) is 2.20. The molecule has 0 aliphatic rings. The maximum absolute atomic E-state index is 9.22. The maximum atomic E-state index is 9.22. The highest BCUT2D eigenvalue weighted by Crippen LogP contribution is 1.10. The van der Waals surface area contributed by atoms with Crippen LogP contribution in [0.2, 0.25) is 0 Å². The van der Waals surface area contributed by atoms with Gasteiger partial charge in [0.25, 0.3) is 0 Å². The fraction of sp³-hybridized carbons (Fsp3) is 0.500. The van der Waals surface area contributed by atoms with Crippen molar-refractivity contribution >= 4 is 6.41 Å². The van der Waals surface area contributed by atoms with E-state index in [2.05, 4.69) is 0 Å². The zero-order valence-electron chi connectivity index (χ0n) is 4.91. The molecule has 0 aromatic carbocycles. The van der Waals surface area contributed by atoms with Crippen LogP contribution in [-0.4, -0.2) is 13.4 Å². The molecular formula is C2H4NO. The molecule has 0 heterocycles. The minimum Gasteiger partial charge on any atom is -0.351 e. The molecule has 0 aliphatic carbocycles. The van der Waals surface area contributed by atoms with Crippen molar-refractivity contribution in [2.24, 2.45) is 0 Å². The number of hydrogen-bond acceptors (Lipinski definition) is 1. The van der Waals surface area contributed by atoms with Crippen LogP contribution in [0.4, 0.5) is 0 Å². The van der Waals surface area contributed by atoms with Crippen LogP contribution < -0.4 is 5.32 Å². The Morgan fingerprint density at radius 3 is 3.25 bits per heavy atom. The van der Waals surface area contributed by atoms with Crippen molar-refractivity contribution in [1.29, 1.82) is 0 Å². The number of nitrogens with one attached hydrogen (secondary N) is 1. The van der Waals surface area contributed by atoms with E-state index in [1.54, 1.807) is 0 Å². The van der Waals surface area contributed by atoms with Gasteiger partial charge in [0.05, 0.1) is 0 Å². The largest absolute Gasteiger partial charge is 0.351 e. The van der Waals surface area contributed by atoms with Gasteiger partial charge in [0.15, 0.2) is 0 Å². The second-order valence-electron chi connectivity index (χ2n) is 0.227. The third-order valence-electron chi connectivity index (χ3n) is 0.0510. The molecule has 0 aliphatic heterocycles. The highest BCUT2D eigenvalue weighted by atomic mass is 16.1. The second-order valence-corrected chi connectivity index (χ2v) is 0.227. The predicted molar refractivity (Wildman–Crippen MR) is 14.8 cm³/mol. The van der Waals surface area contributed by atoms with Crippen LogP contribution in [0.25, 0.3) is 0 Å². The Labute approximate surface area is 29.0 Å². The topological polar surface area (TPSA) is 29.1 Å². The van der Waals surface area contributed by atoms with Crippen molar-refractivity contribution in [1.82, 2.24) is 5.32 Å². The molecule has 0 aromatic rings. The SMILES string of the molecule is [2H]C([2H])([2H])N[C]=O. The number of amides is 1. The van der Waals surface area contributed by atoms with E-state index in [0.717, 1.165) is 6.41 Å². The standard InChI is InChI=1S/C2H4NO/c1-3-2-4/h1H3,(H,3,4)/i1D3. The van der Waals surface area contributed by atoms with Crippen molar-refractivity contribution in [3.63, 3.8) is 0 Å². The fourth-order valence-electron chi connectivity index (χ4n) is 0. The van der Waals surface area contributed by atoms with Gasteiger partial charge in [-0.15, -0.1) is 0 Å². The lowest BCUT2D eigenvalue weighted by Gasteiger charge is -1.61. The monoisotopic (exact) mass is 61.0 g/mol. The van der Waals surface area contributed by atoms with Gasteiger partial charge < -0.3 is 5.32 Å². The van der Waals surface area contributed by atoms with Crippen LogP contribution in [0.1, 0.15) is 4.11 Å². The van der Waals surface area contributed by atoms with E-state index >= 15 is 0 Å². The van der Waals surface area contributed by atoms with Gasteiger partial charge in [0.2, 0.25) is 0 Å². The van der Waals surface area contributed by atoms with E-state index in [9.17, 15) is 4.79 Å². The molecule has 23 valence electrons. The van der Waals surface area contributed by atoms with E-state index < -0.39 is 6.98 Å². The van der Waals surface area contributed by atoms with Crippen LogP contribution in [0.3, 0.4) is 0 Å². The molecule has 0 unspecified atom stereocenters. The van der Waals surface area contributed by atoms with Gasteiger partial charge in [-0.25, -0.2) is 0 Å². The lowest BCUT2D eigenvalue weighted by molar-refractivity contribution is 0.548. The molecule has 0 saturated carbocycles. The average Bonchev–Trinajstić information content (AvgIpc) is 1.30. The molecule has 0 bridgehead atoms. The third kappa shape index (κ3) is 1.47. The van der Waals surface area contributed by atoms with Crippen LogP contribution in [0, 0.1) is 0 Å². The van der Waals surface area contributed by atoms with Crippen LogP contribution in [-0.2, 0) is 4.79 Å². The smallest absolute Gasteiger partial charge is 0.309 e. The lowest BCUT2D eigenvalue weighted by atomic mass is 11.2. The molecule has 0 spiro atoms. The van der Waals surface area contributed by atoms with Gasteiger partial charge >= 0.3 is 6.41 Å². The molecule has 0 fully saturated rings. The van der Waals surface area contributed by atoms with E-state index in [4.69, 9.17) is 4.11 Å². The maximum Gasteiger partial charge on any atom is 0.309 e. The van der Waals surface area contributed by atoms with Crippen molar-refractivity contribution in [2.45, 2.75) is 0 Å². The van der Waals surface area contributed by atoms with E-state index in [0.29, 0.717) is 0 Å². The Bertz CT molecular complexity index is 67.8. The summed E-state index contributed by atoms with van der Waals surface area (Å²) >= 11 is 0. The third-order valence-corrected chi connectivity index (χ3v) is 0.0510. The van der Waals surface area contributed by atoms with Crippen molar-refractivity contribution in [3.05, 3.63) is 0 Å². The van der Waals surface area contributed by atoms with Crippen LogP contribution in [0.5, 0.6) is 0 Å². The predicted octanol–water partition coefficient (Wildman–Crippen LogP) is -0.727. The van der Waals surface area contributed by atoms with Crippen molar-refractivity contribution < 1.29 is 8.91 Å². The van der Waals surface area contributed by atoms with Gasteiger partial charge in [-0.1, -0.05) is 0 Å². The number of carbonyl (C=O) groups excluding carboxylic acids is 1. The molecule has 0 aromatic heterocycles. The Hall–Kier alpha value is -0.530. The Morgan fingerprint density at radius 1 is 2.50 bits per heavy atom. The van der Waals surface area contributed by atoms with Crippen LogP contribution in [0.15, 0.2) is 0 Å². The van der Waals surface area contributed by atoms with E-state index in [-0.39, 0.29) is 0 Å². The summed E-state index contributed by atoms with van der Waals surface area (Å²) < 4.78 is 18.9. The molecule has 0 rings (SSSR count). The first kappa shape index (κ1) is 0.708. The molecule has 1 radical (unpaired) electrons. The normalized spacial score (nSPS) is 19.5. The summed E-state index contributed by atoms with van der Waals surface area (Å²) in [6.07, 6.45) is 1.05. The number of rotatable bonds is 1. The summed E-state index contributed by atoms with van der Waals surface area (Å²) in [5, 5.41) is 1.48. The second kappa shape index (κ2) is 2.47. The van der Waals surface area contributed by atoms with Crippen LogP contribution >= 0.6 is 0 Å². The molecule has 1 N–H and O–H groups in total. The highest BCUT2D eigenvalue weighted by Gasteiger charge is 1.47. The Balaban J connectivity index is 3.34. The first-order valence-corrected chi connectivity index (χ1v) is 0.704. The summed E-state index contributed by atoms with van der Waals surface area (Å²) in [4.78, 5) is 9.22. The first-order chi connectivity index (χ1) is 3.06.